The summed E-state index contributed by atoms with van der Waals surface area (Å²) in [4.78, 5) is 34.5. The van der Waals surface area contributed by atoms with Crippen LogP contribution in [-0.2, 0) is 29.8 Å². The van der Waals surface area contributed by atoms with Crippen LogP contribution in [0.3, 0.4) is 0 Å². The fourth-order valence-corrected chi connectivity index (χ4v) is 5.34. The van der Waals surface area contributed by atoms with Crippen LogP contribution in [0.1, 0.15) is 13.8 Å². The fourth-order valence-electron chi connectivity index (χ4n) is 4.38. The van der Waals surface area contributed by atoms with Crippen molar-refractivity contribution in [1.29, 1.82) is 0 Å². The lowest BCUT2D eigenvalue weighted by atomic mass is 10.1. The molecule has 14 nitrogen and oxygen atoms in total. The van der Waals surface area contributed by atoms with Crippen molar-refractivity contribution >= 4 is 78.7 Å². The molecule has 0 aliphatic carbocycles. The lowest BCUT2D eigenvalue weighted by molar-refractivity contribution is -0.119. The van der Waals surface area contributed by atoms with E-state index in [4.69, 9.17) is 0 Å². The first-order valence-corrected chi connectivity index (χ1v) is 15.7. The van der Waals surface area contributed by atoms with Gasteiger partial charge >= 0.3 is 0 Å². The molecule has 2 aliphatic heterocycles. The van der Waals surface area contributed by atoms with Crippen LogP contribution in [0.2, 0.25) is 0 Å². The third-order valence-electron chi connectivity index (χ3n) is 6.73. The number of hydrogen-bond donors (Lipinski definition) is 2. The molecule has 2 aliphatic rings. The summed E-state index contributed by atoms with van der Waals surface area (Å²) in [7, 11) is -8.77. The Labute approximate surface area is 252 Å². The molecule has 5 rings (SSSR count). The molecule has 0 saturated carbocycles. The van der Waals surface area contributed by atoms with Crippen molar-refractivity contribution in [1.82, 2.24) is 0 Å². The Kier molecular flexibility index (Phi) is 8.09. The van der Waals surface area contributed by atoms with Crippen LogP contribution in [0.4, 0.5) is 22.7 Å². The van der Waals surface area contributed by atoms with Gasteiger partial charge in [-0.25, -0.2) is 0 Å². The molecule has 226 valence electrons. The van der Waals surface area contributed by atoms with Gasteiger partial charge < -0.3 is 0 Å². The number of nitrogens with zero attached hydrogens (tertiary/aromatic N) is 6. The van der Waals surface area contributed by atoms with Crippen molar-refractivity contribution in [3.05, 3.63) is 72.8 Å². The molecule has 2 unspecified atom stereocenters. The van der Waals surface area contributed by atoms with Crippen molar-refractivity contribution in [2.45, 2.75) is 23.6 Å². The molecule has 0 saturated heterocycles. The van der Waals surface area contributed by atoms with E-state index in [1.165, 1.54) is 61.0 Å². The van der Waals surface area contributed by atoms with Crippen molar-refractivity contribution in [2.75, 3.05) is 10.0 Å². The highest BCUT2D eigenvalue weighted by molar-refractivity contribution is 7.86. The average Bonchev–Trinajstić information content (AvgIpc) is 3.43. The molecule has 0 spiro atoms. The second kappa shape index (κ2) is 11.6. The predicted octanol–water partition coefficient (Wildman–Crippen LogP) is 3.66. The molecular formula is C28H24N6O8S2. The number of anilines is 2. The molecule has 0 radical (unpaired) electrons. The minimum atomic E-state index is -4.38. The molecule has 16 heteroatoms. The predicted molar refractivity (Wildman–Crippen MR) is 163 cm³/mol. The molecule has 0 fully saturated rings. The Hall–Kier alpha value is -4.90. The first-order valence-electron chi connectivity index (χ1n) is 12.8. The Bertz CT molecular complexity index is 1840. The lowest BCUT2D eigenvalue weighted by Crippen LogP contribution is -2.28. The molecule has 44 heavy (non-hydrogen) atoms. The average molecular weight is 637 g/mol. The minimum Gasteiger partial charge on any atom is -0.282 e. The smallest absolute Gasteiger partial charge is 0.282 e. The van der Waals surface area contributed by atoms with E-state index in [1.807, 2.05) is 0 Å². The topological polar surface area (TPSA) is 199 Å². The van der Waals surface area contributed by atoms with Crippen molar-refractivity contribution in [3.8, 4) is 0 Å². The van der Waals surface area contributed by atoms with Crippen molar-refractivity contribution in [2.24, 2.45) is 32.0 Å². The van der Waals surface area contributed by atoms with Gasteiger partial charge in [-0.2, -0.15) is 37.1 Å². The number of carbonyl (C=O) groups is 2. The zero-order valence-corrected chi connectivity index (χ0v) is 24.7. The maximum Gasteiger partial charge on any atom is 0.294 e. The van der Waals surface area contributed by atoms with Crippen LogP contribution >= 0.6 is 0 Å². The van der Waals surface area contributed by atoms with E-state index in [1.54, 1.807) is 38.1 Å². The summed E-state index contributed by atoms with van der Waals surface area (Å²) in [6.45, 7) is 3.31. The molecule has 2 atom stereocenters. The number of carbonyl (C=O) groups excluding carboxylic acids is 2. The zero-order valence-electron chi connectivity index (χ0n) is 23.1. The Balaban J connectivity index is 1.31. The van der Waals surface area contributed by atoms with Gasteiger partial charge in [0.15, 0.2) is 0 Å². The summed E-state index contributed by atoms with van der Waals surface area (Å²) in [5.41, 5.74) is 2.35. The molecule has 2 N–H and O–H groups in total. The molecule has 3 aromatic rings. The summed E-state index contributed by atoms with van der Waals surface area (Å²) in [6, 6.07) is 16.9. The minimum absolute atomic E-state index is 0.310. The number of benzene rings is 3. The van der Waals surface area contributed by atoms with Gasteiger partial charge in [0, 0.05) is 12.4 Å². The second-order valence-electron chi connectivity index (χ2n) is 9.72. The monoisotopic (exact) mass is 636 g/mol. The number of para-hydroxylation sites is 2. The van der Waals surface area contributed by atoms with Gasteiger partial charge in [0.25, 0.3) is 32.1 Å². The Morgan fingerprint density at radius 1 is 0.636 bits per heavy atom. The SMILES string of the molecule is CC1=NN(c2ccc(S(=O)(=O)O)cc2)C(=O)C1C=Nc1ccccc1N=CC1C(=O)N(c2ccc(S(=O)(=O)O)cc2)N=C1C. The van der Waals surface area contributed by atoms with Crippen LogP contribution in [0.5, 0.6) is 0 Å². The summed E-state index contributed by atoms with van der Waals surface area (Å²) in [5.74, 6) is -2.44. The number of amides is 2. The van der Waals surface area contributed by atoms with E-state index in [0.717, 1.165) is 10.0 Å². The molecule has 2 heterocycles. The molecule has 0 bridgehead atoms. The van der Waals surface area contributed by atoms with Gasteiger partial charge in [-0.1, -0.05) is 12.1 Å². The molecular weight excluding hydrogens is 612 g/mol. The highest BCUT2D eigenvalue weighted by atomic mass is 32.2. The largest absolute Gasteiger partial charge is 0.294 e. The quantitative estimate of drug-likeness (QED) is 0.276. The number of hydrazone groups is 2. The Morgan fingerprint density at radius 2 is 0.977 bits per heavy atom. The summed E-state index contributed by atoms with van der Waals surface area (Å²) in [5, 5.41) is 10.8. The van der Waals surface area contributed by atoms with E-state index in [2.05, 4.69) is 20.2 Å². The van der Waals surface area contributed by atoms with Crippen LogP contribution in [-0.4, -0.2) is 61.6 Å². The maximum atomic E-state index is 13.1. The van der Waals surface area contributed by atoms with Gasteiger partial charge in [-0.15, -0.1) is 0 Å². The maximum absolute atomic E-state index is 13.1. The summed E-state index contributed by atoms with van der Waals surface area (Å²) >= 11 is 0. The summed E-state index contributed by atoms with van der Waals surface area (Å²) in [6.07, 6.45) is 2.85. The number of aliphatic imine (C=N–C) groups is 2. The van der Waals surface area contributed by atoms with E-state index < -0.39 is 43.9 Å². The van der Waals surface area contributed by atoms with Gasteiger partial charge in [0.1, 0.15) is 11.8 Å². The normalized spacial score (nSPS) is 19.4. The fraction of sp³-hybridized carbons (Fsp3) is 0.143. The Morgan fingerprint density at radius 3 is 1.30 bits per heavy atom. The van der Waals surface area contributed by atoms with Crippen LogP contribution in [0.25, 0.3) is 0 Å². The van der Waals surface area contributed by atoms with Crippen LogP contribution in [0.15, 0.2) is 103 Å². The van der Waals surface area contributed by atoms with E-state index >= 15 is 0 Å². The third-order valence-corrected chi connectivity index (χ3v) is 8.47. The van der Waals surface area contributed by atoms with E-state index in [9.17, 15) is 35.5 Å². The van der Waals surface area contributed by atoms with Crippen molar-refractivity contribution in [3.63, 3.8) is 0 Å². The molecule has 3 aromatic carbocycles. The summed E-state index contributed by atoms with van der Waals surface area (Å²) < 4.78 is 63.6. The van der Waals surface area contributed by atoms with Crippen molar-refractivity contribution < 1.29 is 35.5 Å². The van der Waals surface area contributed by atoms with Crippen LogP contribution < -0.4 is 10.0 Å². The standard InChI is InChI=1S/C28H24N6O8S2/c1-17-23(27(35)33(31-17)19-7-11-21(12-8-19)43(37,38)39)15-29-25-5-3-4-6-26(25)30-16-24-18(2)32-34(28(24)36)20-9-13-22(14-10-20)44(40,41)42/h3-16,23-24H,1-2H3,(H,37,38,39)(H,40,41,42). The lowest BCUT2D eigenvalue weighted by Gasteiger charge is -2.13. The van der Waals surface area contributed by atoms with Crippen LogP contribution in [0, 0.1) is 11.8 Å². The first-order chi connectivity index (χ1) is 20.7. The highest BCUT2D eigenvalue weighted by Crippen LogP contribution is 2.30. The van der Waals surface area contributed by atoms with E-state index in [0.29, 0.717) is 34.2 Å². The van der Waals surface area contributed by atoms with Gasteiger partial charge in [0.2, 0.25) is 0 Å². The number of hydrogen-bond acceptors (Lipinski definition) is 10. The second-order valence-corrected chi connectivity index (χ2v) is 12.6. The molecule has 2 amide bonds. The molecule has 0 aromatic heterocycles. The van der Waals surface area contributed by atoms with Gasteiger partial charge in [0.05, 0.1) is 44.0 Å². The van der Waals surface area contributed by atoms with Gasteiger partial charge in [-0.05, 0) is 74.5 Å². The highest BCUT2D eigenvalue weighted by Gasteiger charge is 2.34. The van der Waals surface area contributed by atoms with Gasteiger partial charge in [-0.3, -0.25) is 28.7 Å². The third kappa shape index (κ3) is 6.23. The first kappa shape index (κ1) is 30.6. The van der Waals surface area contributed by atoms with E-state index in [-0.39, 0.29) is 9.79 Å². The zero-order chi connectivity index (χ0) is 31.8. The number of rotatable bonds is 8.